The van der Waals surface area contributed by atoms with Gasteiger partial charge in [-0.05, 0) is 43.4 Å². The minimum absolute atomic E-state index is 0. The van der Waals surface area contributed by atoms with Crippen LogP contribution in [0.4, 0.5) is 0 Å². The molecule has 8 heteroatoms. The number of nitrogens with one attached hydrogen (secondary N) is 2. The van der Waals surface area contributed by atoms with E-state index in [1.54, 1.807) is 12.1 Å². The van der Waals surface area contributed by atoms with Crippen LogP contribution in [0.15, 0.2) is 17.1 Å². The van der Waals surface area contributed by atoms with Crippen LogP contribution in [-0.4, -0.2) is 62.4 Å². The minimum atomic E-state index is 0. The number of hydrogen-bond acceptors (Lipinski definition) is 5. The van der Waals surface area contributed by atoms with Crippen LogP contribution in [0.25, 0.3) is 0 Å². The maximum Gasteiger partial charge on any atom is 0.200 e. The lowest BCUT2D eigenvalue weighted by Gasteiger charge is -2.34. The number of ether oxygens (including phenoxy) is 2. The summed E-state index contributed by atoms with van der Waals surface area (Å²) in [4.78, 5) is 7.26. The van der Waals surface area contributed by atoms with Gasteiger partial charge < -0.3 is 30.1 Å². The van der Waals surface area contributed by atoms with Gasteiger partial charge in [0.05, 0.1) is 20.8 Å². The molecule has 0 bridgehead atoms. The molecule has 1 saturated heterocycles. The first-order valence-corrected chi connectivity index (χ1v) is 10.2. The van der Waals surface area contributed by atoms with Crippen LogP contribution in [0.5, 0.6) is 17.2 Å². The zero-order chi connectivity index (χ0) is 20.5. The Morgan fingerprint density at radius 1 is 1.21 bits per heavy atom. The highest BCUT2D eigenvalue weighted by molar-refractivity contribution is 14.0. The second kappa shape index (κ2) is 13.0. The molecule has 0 saturated carbocycles. The number of hydrogen-bond donors (Lipinski definition) is 3. The lowest BCUT2D eigenvalue weighted by molar-refractivity contribution is 0.187. The molecule has 7 nitrogen and oxygen atoms in total. The number of phenolic OH excluding ortho intramolecular Hbond substituents is 1. The van der Waals surface area contributed by atoms with Crippen molar-refractivity contribution in [1.29, 1.82) is 0 Å². The zero-order valence-corrected chi connectivity index (χ0v) is 20.7. The topological polar surface area (TPSA) is 78.4 Å². The Hall–Kier alpha value is -1.42. The third-order valence-corrected chi connectivity index (χ3v) is 4.86. The third kappa shape index (κ3) is 8.08. The number of rotatable bonds is 8. The second-order valence-electron chi connectivity index (χ2n) is 7.66. The third-order valence-electron chi connectivity index (χ3n) is 4.86. The van der Waals surface area contributed by atoms with Crippen LogP contribution in [0, 0.1) is 5.92 Å². The quantitative estimate of drug-likeness (QED) is 0.278. The highest BCUT2D eigenvalue weighted by atomic mass is 127. The first kappa shape index (κ1) is 25.6. The van der Waals surface area contributed by atoms with Crippen molar-refractivity contribution in [1.82, 2.24) is 15.5 Å². The number of methoxy groups -OCH3 is 2. The first-order valence-electron chi connectivity index (χ1n) is 10.2. The van der Waals surface area contributed by atoms with Crippen molar-refractivity contribution in [2.24, 2.45) is 10.9 Å². The van der Waals surface area contributed by atoms with Gasteiger partial charge in [-0.3, -0.25) is 0 Å². The van der Waals surface area contributed by atoms with Crippen LogP contribution in [-0.2, 0) is 6.54 Å². The van der Waals surface area contributed by atoms with Gasteiger partial charge in [-0.25, -0.2) is 4.99 Å². The number of phenols is 1. The molecule has 0 aromatic heterocycles. The molecular formula is C21H37IN4O3. The molecule has 1 aliphatic heterocycles. The number of nitrogens with zero attached hydrogens (tertiary/aromatic N) is 2. The van der Waals surface area contributed by atoms with E-state index in [0.29, 0.717) is 30.0 Å². The molecule has 0 radical (unpaired) electrons. The van der Waals surface area contributed by atoms with Crippen molar-refractivity contribution in [3.05, 3.63) is 17.7 Å². The van der Waals surface area contributed by atoms with Gasteiger partial charge in [0.15, 0.2) is 17.5 Å². The predicted molar refractivity (Wildman–Crippen MR) is 129 cm³/mol. The second-order valence-corrected chi connectivity index (χ2v) is 7.66. The van der Waals surface area contributed by atoms with Crippen molar-refractivity contribution >= 4 is 29.9 Å². The number of aromatic hydroxyl groups is 1. The predicted octanol–water partition coefficient (Wildman–Crippen LogP) is 3.20. The van der Waals surface area contributed by atoms with Gasteiger partial charge in [0, 0.05) is 32.2 Å². The molecule has 1 aromatic carbocycles. The van der Waals surface area contributed by atoms with Gasteiger partial charge in [-0.2, -0.15) is 0 Å². The average Bonchev–Trinajstić information content (AvgIpc) is 2.68. The van der Waals surface area contributed by atoms with E-state index in [0.717, 1.165) is 44.0 Å². The number of aliphatic imine (C=N–C) groups is 1. The van der Waals surface area contributed by atoms with Crippen molar-refractivity contribution in [2.45, 2.75) is 46.2 Å². The van der Waals surface area contributed by atoms with Gasteiger partial charge in [-0.15, -0.1) is 24.0 Å². The first-order chi connectivity index (χ1) is 13.5. The Morgan fingerprint density at radius 3 is 2.28 bits per heavy atom. The summed E-state index contributed by atoms with van der Waals surface area (Å²) in [5.41, 5.74) is 0.912. The van der Waals surface area contributed by atoms with Gasteiger partial charge in [0.1, 0.15) is 0 Å². The lowest BCUT2D eigenvalue weighted by atomic mass is 10.0. The summed E-state index contributed by atoms with van der Waals surface area (Å²) in [5.74, 6) is 2.31. The molecule has 29 heavy (non-hydrogen) atoms. The number of piperidine rings is 1. The van der Waals surface area contributed by atoms with E-state index in [9.17, 15) is 5.11 Å². The normalized spacial score (nSPS) is 15.7. The van der Waals surface area contributed by atoms with E-state index < -0.39 is 0 Å². The summed E-state index contributed by atoms with van der Waals surface area (Å²) in [6.07, 6.45) is 2.25. The van der Waals surface area contributed by atoms with Crippen LogP contribution in [0.1, 0.15) is 39.2 Å². The molecule has 1 fully saturated rings. The summed E-state index contributed by atoms with van der Waals surface area (Å²) in [6, 6.07) is 4.01. The van der Waals surface area contributed by atoms with Crippen LogP contribution in [0.3, 0.4) is 0 Å². The number of guanidine groups is 1. The molecule has 3 N–H and O–H groups in total. The number of halogens is 1. The fraction of sp³-hybridized carbons (Fsp3) is 0.667. The Bertz CT molecular complexity index is 622. The fourth-order valence-electron chi connectivity index (χ4n) is 3.50. The molecule has 0 spiro atoms. The summed E-state index contributed by atoms with van der Waals surface area (Å²) in [5, 5.41) is 16.9. The highest BCUT2D eigenvalue weighted by Gasteiger charge is 2.20. The molecular weight excluding hydrogens is 483 g/mol. The molecule has 1 aliphatic rings. The largest absolute Gasteiger partial charge is 0.502 e. The number of benzene rings is 1. The maximum absolute atomic E-state index is 10.1. The Balaban J connectivity index is 0.00000420. The minimum Gasteiger partial charge on any atom is -0.502 e. The summed E-state index contributed by atoms with van der Waals surface area (Å²) < 4.78 is 10.5. The van der Waals surface area contributed by atoms with Crippen molar-refractivity contribution < 1.29 is 14.6 Å². The smallest absolute Gasteiger partial charge is 0.200 e. The standard InChI is InChI=1S/C21H36N4O3.HI/c1-6-22-21(24-17-7-9-25(10-8-17)14-15(2)3)23-13-16-11-18(27-4)20(26)19(12-16)28-5;/h11-12,15,17,26H,6-10,13-14H2,1-5H3,(H2,22,23,24);1H. The molecule has 0 amide bonds. The molecule has 0 aliphatic carbocycles. The zero-order valence-electron chi connectivity index (χ0n) is 18.3. The Morgan fingerprint density at radius 2 is 1.79 bits per heavy atom. The van der Waals surface area contributed by atoms with Gasteiger partial charge in [0.2, 0.25) is 5.75 Å². The lowest BCUT2D eigenvalue weighted by Crippen LogP contribution is -2.49. The van der Waals surface area contributed by atoms with Gasteiger partial charge in [-0.1, -0.05) is 13.8 Å². The van der Waals surface area contributed by atoms with E-state index in [4.69, 9.17) is 14.5 Å². The van der Waals surface area contributed by atoms with Crippen molar-refractivity contribution in [3.63, 3.8) is 0 Å². The monoisotopic (exact) mass is 520 g/mol. The average molecular weight is 520 g/mol. The van der Waals surface area contributed by atoms with Crippen LogP contribution >= 0.6 is 24.0 Å². The van der Waals surface area contributed by atoms with E-state index >= 15 is 0 Å². The maximum atomic E-state index is 10.1. The SMILES string of the molecule is CCNC(=NCc1cc(OC)c(O)c(OC)c1)NC1CCN(CC(C)C)CC1.I. The molecule has 1 heterocycles. The van der Waals surface area contributed by atoms with Crippen LogP contribution < -0.4 is 20.1 Å². The summed E-state index contributed by atoms with van der Waals surface area (Å²) in [7, 11) is 3.05. The molecule has 2 rings (SSSR count). The Kier molecular flexibility index (Phi) is 11.5. The van der Waals surface area contributed by atoms with E-state index in [1.165, 1.54) is 20.8 Å². The Labute approximate surface area is 192 Å². The summed E-state index contributed by atoms with van der Waals surface area (Å²) >= 11 is 0. The van der Waals surface area contributed by atoms with Gasteiger partial charge >= 0.3 is 0 Å². The van der Waals surface area contributed by atoms with Crippen LogP contribution in [0.2, 0.25) is 0 Å². The van der Waals surface area contributed by atoms with Crippen molar-refractivity contribution in [3.8, 4) is 17.2 Å². The number of likely N-dealkylation sites (tertiary alicyclic amines) is 1. The van der Waals surface area contributed by atoms with E-state index in [2.05, 4.69) is 36.3 Å². The fourth-order valence-corrected chi connectivity index (χ4v) is 3.50. The summed E-state index contributed by atoms with van der Waals surface area (Å²) in [6.45, 7) is 11.3. The van der Waals surface area contributed by atoms with E-state index in [-0.39, 0.29) is 29.7 Å². The molecule has 1 aromatic rings. The molecule has 0 atom stereocenters. The highest BCUT2D eigenvalue weighted by Crippen LogP contribution is 2.37. The molecule has 166 valence electrons. The van der Waals surface area contributed by atoms with E-state index in [1.807, 2.05) is 0 Å². The van der Waals surface area contributed by atoms with Crippen molar-refractivity contribution in [2.75, 3.05) is 40.4 Å². The molecule has 0 unspecified atom stereocenters. The van der Waals surface area contributed by atoms with Gasteiger partial charge in [0.25, 0.3) is 0 Å².